The second-order valence-electron chi connectivity index (χ2n) is 6.38. The molecule has 6 nitrogen and oxygen atoms in total. The Kier molecular flexibility index (Phi) is 5.19. The molecule has 1 aliphatic rings. The molecule has 1 aromatic carbocycles. The van der Waals surface area contributed by atoms with Gasteiger partial charge in [0.15, 0.2) is 0 Å². The summed E-state index contributed by atoms with van der Waals surface area (Å²) in [6, 6.07) is 11.5. The summed E-state index contributed by atoms with van der Waals surface area (Å²) in [5.74, 6) is 0. The average Bonchev–Trinajstić information content (AvgIpc) is 2.63. The van der Waals surface area contributed by atoms with Crippen LogP contribution in [0.4, 0.5) is 10.5 Å². The molecule has 6 heteroatoms. The molecule has 1 aliphatic heterocycles. The second-order valence-corrected chi connectivity index (χ2v) is 6.38. The molecule has 0 bridgehead atoms. The molecule has 2 heterocycles. The van der Waals surface area contributed by atoms with Crippen LogP contribution < -0.4 is 16.2 Å². The van der Waals surface area contributed by atoms with Crippen LogP contribution in [0.5, 0.6) is 0 Å². The van der Waals surface area contributed by atoms with Gasteiger partial charge in [-0.2, -0.15) is 0 Å². The minimum absolute atomic E-state index is 0.00632. The van der Waals surface area contributed by atoms with Crippen molar-refractivity contribution in [2.75, 3.05) is 11.9 Å². The zero-order chi connectivity index (χ0) is 17.8. The van der Waals surface area contributed by atoms with Gasteiger partial charge in [-0.3, -0.25) is 4.79 Å². The smallest absolute Gasteiger partial charge is 0.319 e. The first-order valence-corrected chi connectivity index (χ1v) is 8.45. The number of pyridine rings is 1. The van der Waals surface area contributed by atoms with Crippen molar-refractivity contribution in [3.63, 3.8) is 0 Å². The number of ether oxygens (including phenoxy) is 1. The number of hydrogen-bond acceptors (Lipinski definition) is 3. The third-order valence-electron chi connectivity index (χ3n) is 4.51. The number of urea groups is 1. The van der Waals surface area contributed by atoms with Crippen LogP contribution in [0.1, 0.15) is 30.1 Å². The Morgan fingerprint density at radius 3 is 2.76 bits per heavy atom. The lowest BCUT2D eigenvalue weighted by atomic mass is 9.97. The summed E-state index contributed by atoms with van der Waals surface area (Å²) in [6.07, 6.45) is 3.13. The van der Waals surface area contributed by atoms with E-state index in [0.29, 0.717) is 18.7 Å². The fourth-order valence-electron chi connectivity index (χ4n) is 3.03. The van der Waals surface area contributed by atoms with E-state index < -0.39 is 0 Å². The molecule has 132 valence electrons. The molecule has 25 heavy (non-hydrogen) atoms. The van der Waals surface area contributed by atoms with E-state index in [0.717, 1.165) is 17.5 Å². The summed E-state index contributed by atoms with van der Waals surface area (Å²) in [5, 5.41) is 5.66. The van der Waals surface area contributed by atoms with Crippen LogP contribution in [-0.2, 0) is 11.8 Å². The molecule has 0 unspecified atom stereocenters. The minimum Gasteiger partial charge on any atom is -0.373 e. The number of carbonyl (C=O) groups is 1. The van der Waals surface area contributed by atoms with Crippen LogP contribution >= 0.6 is 0 Å². The van der Waals surface area contributed by atoms with Crippen molar-refractivity contribution in [1.29, 1.82) is 0 Å². The van der Waals surface area contributed by atoms with Gasteiger partial charge in [0.25, 0.3) is 5.56 Å². The van der Waals surface area contributed by atoms with E-state index in [1.54, 1.807) is 26.2 Å². The van der Waals surface area contributed by atoms with E-state index in [9.17, 15) is 9.59 Å². The van der Waals surface area contributed by atoms with Gasteiger partial charge in [-0.25, -0.2) is 4.79 Å². The predicted molar refractivity (Wildman–Crippen MR) is 96.7 cm³/mol. The van der Waals surface area contributed by atoms with E-state index in [1.165, 1.54) is 4.57 Å². The molecule has 1 aromatic heterocycles. The lowest BCUT2D eigenvalue weighted by molar-refractivity contribution is 0.00253. The van der Waals surface area contributed by atoms with Crippen LogP contribution in [0.3, 0.4) is 0 Å². The van der Waals surface area contributed by atoms with Gasteiger partial charge >= 0.3 is 6.03 Å². The Bertz CT molecular complexity index is 801. The van der Waals surface area contributed by atoms with Gasteiger partial charge in [0.2, 0.25) is 0 Å². The normalized spacial score (nSPS) is 20.1. The molecule has 2 N–H and O–H groups in total. The molecule has 0 radical (unpaired) electrons. The maximum Gasteiger partial charge on any atom is 0.319 e. The van der Waals surface area contributed by atoms with Gasteiger partial charge in [-0.1, -0.05) is 30.3 Å². The first-order chi connectivity index (χ1) is 12.0. The van der Waals surface area contributed by atoms with Gasteiger partial charge in [-0.15, -0.1) is 0 Å². The topological polar surface area (TPSA) is 72.4 Å². The van der Waals surface area contributed by atoms with Gasteiger partial charge in [0.05, 0.1) is 6.10 Å². The van der Waals surface area contributed by atoms with Crippen LogP contribution in [0, 0.1) is 6.92 Å². The highest BCUT2D eigenvalue weighted by molar-refractivity contribution is 5.90. The summed E-state index contributed by atoms with van der Waals surface area (Å²) >= 11 is 0. The Labute approximate surface area is 146 Å². The quantitative estimate of drug-likeness (QED) is 0.902. The first-order valence-electron chi connectivity index (χ1n) is 8.45. The number of hydrogen-bond donors (Lipinski definition) is 2. The lowest BCUT2D eigenvalue weighted by Gasteiger charge is -2.30. The molecule has 2 amide bonds. The SMILES string of the molecule is Cc1ccn(C)c(=O)c1NC(=O)N[C@H]1CCO[C@H](c2ccccc2)C1. The molecule has 1 saturated heterocycles. The van der Waals surface area contributed by atoms with Crippen LogP contribution in [0.25, 0.3) is 0 Å². The summed E-state index contributed by atoms with van der Waals surface area (Å²) in [7, 11) is 1.66. The molecular formula is C19H23N3O3. The average molecular weight is 341 g/mol. The number of carbonyl (C=O) groups excluding carboxylic acids is 1. The highest BCUT2D eigenvalue weighted by Gasteiger charge is 2.25. The second kappa shape index (κ2) is 7.53. The van der Waals surface area contributed by atoms with Gasteiger partial charge in [-0.05, 0) is 37.0 Å². The number of aromatic nitrogens is 1. The maximum absolute atomic E-state index is 12.3. The summed E-state index contributed by atoms with van der Waals surface area (Å²) < 4.78 is 7.27. The minimum atomic E-state index is -0.356. The Morgan fingerprint density at radius 1 is 1.24 bits per heavy atom. The number of nitrogens with one attached hydrogen (secondary N) is 2. The lowest BCUT2D eigenvalue weighted by Crippen LogP contribution is -2.43. The number of nitrogens with zero attached hydrogens (tertiary/aromatic N) is 1. The molecule has 3 rings (SSSR count). The van der Waals surface area contributed by atoms with Crippen molar-refractivity contribution in [1.82, 2.24) is 9.88 Å². The summed E-state index contributed by atoms with van der Waals surface area (Å²) in [4.78, 5) is 24.5. The van der Waals surface area contributed by atoms with Crippen LogP contribution in [0.2, 0.25) is 0 Å². The van der Waals surface area contributed by atoms with Crippen molar-refractivity contribution in [3.8, 4) is 0 Å². The van der Waals surface area contributed by atoms with E-state index in [-0.39, 0.29) is 23.7 Å². The number of anilines is 1. The fraction of sp³-hybridized carbons (Fsp3) is 0.368. The Balaban J connectivity index is 1.63. The Hall–Kier alpha value is -2.60. The molecule has 0 spiro atoms. The third-order valence-corrected chi connectivity index (χ3v) is 4.51. The molecule has 1 fully saturated rings. The van der Waals surface area contributed by atoms with Gasteiger partial charge < -0.3 is 19.9 Å². The van der Waals surface area contributed by atoms with Crippen molar-refractivity contribution >= 4 is 11.7 Å². The highest BCUT2D eigenvalue weighted by atomic mass is 16.5. The van der Waals surface area contributed by atoms with E-state index in [4.69, 9.17) is 4.74 Å². The Morgan fingerprint density at radius 2 is 2.00 bits per heavy atom. The fourth-order valence-corrected chi connectivity index (χ4v) is 3.03. The number of rotatable bonds is 3. The zero-order valence-corrected chi connectivity index (χ0v) is 14.5. The van der Waals surface area contributed by atoms with Crippen molar-refractivity contribution in [2.45, 2.75) is 31.9 Å². The monoisotopic (exact) mass is 341 g/mol. The molecular weight excluding hydrogens is 318 g/mol. The maximum atomic E-state index is 12.3. The van der Waals surface area contributed by atoms with Gasteiger partial charge in [0.1, 0.15) is 5.69 Å². The zero-order valence-electron chi connectivity index (χ0n) is 14.5. The predicted octanol–water partition coefficient (Wildman–Crippen LogP) is 2.74. The standard InChI is InChI=1S/C19H23N3O3/c1-13-8-10-22(2)18(23)17(13)21-19(24)20-15-9-11-25-16(12-15)14-6-4-3-5-7-14/h3-8,10,15-16H,9,11-12H2,1-2H3,(H2,20,21,24)/t15-,16-/m0/s1. The number of benzene rings is 1. The van der Waals surface area contributed by atoms with Crippen LogP contribution in [0.15, 0.2) is 47.4 Å². The van der Waals surface area contributed by atoms with Gasteiger partial charge in [0, 0.05) is 25.9 Å². The first kappa shape index (κ1) is 17.2. The van der Waals surface area contributed by atoms with E-state index >= 15 is 0 Å². The number of amides is 2. The van der Waals surface area contributed by atoms with Crippen molar-refractivity contribution < 1.29 is 9.53 Å². The molecule has 0 saturated carbocycles. The molecule has 2 atom stereocenters. The largest absolute Gasteiger partial charge is 0.373 e. The van der Waals surface area contributed by atoms with Crippen LogP contribution in [-0.4, -0.2) is 23.2 Å². The van der Waals surface area contributed by atoms with Crippen molar-refractivity contribution in [3.05, 3.63) is 64.1 Å². The third kappa shape index (κ3) is 4.09. The van der Waals surface area contributed by atoms with E-state index in [2.05, 4.69) is 10.6 Å². The molecule has 0 aliphatic carbocycles. The summed E-state index contributed by atoms with van der Waals surface area (Å²) in [5.41, 5.74) is 1.95. The highest BCUT2D eigenvalue weighted by Crippen LogP contribution is 2.27. The number of aryl methyl sites for hydroxylation is 2. The molecule has 2 aromatic rings. The summed E-state index contributed by atoms with van der Waals surface area (Å²) in [6.45, 7) is 2.40. The van der Waals surface area contributed by atoms with Crippen molar-refractivity contribution in [2.24, 2.45) is 7.05 Å². The van der Waals surface area contributed by atoms with E-state index in [1.807, 2.05) is 30.3 Å².